The van der Waals surface area contributed by atoms with Gasteiger partial charge in [-0.1, -0.05) is 24.3 Å². The van der Waals surface area contributed by atoms with Gasteiger partial charge in [0.1, 0.15) is 11.8 Å². The van der Waals surface area contributed by atoms with E-state index in [2.05, 4.69) is 16.1 Å². The smallest absolute Gasteiger partial charge is 0.241 e. The summed E-state index contributed by atoms with van der Waals surface area (Å²) in [5.74, 6) is 0.953. The van der Waals surface area contributed by atoms with E-state index in [0.29, 0.717) is 17.9 Å². The highest BCUT2D eigenvalue weighted by Crippen LogP contribution is 2.29. The van der Waals surface area contributed by atoms with Crippen LogP contribution in [0.5, 0.6) is 5.75 Å². The van der Waals surface area contributed by atoms with E-state index in [4.69, 9.17) is 4.74 Å². The number of amides is 1. The summed E-state index contributed by atoms with van der Waals surface area (Å²) in [6.07, 6.45) is 5.20. The number of nitrogens with one attached hydrogen (secondary N) is 2. The van der Waals surface area contributed by atoms with Crippen LogP contribution in [0.2, 0.25) is 0 Å². The summed E-state index contributed by atoms with van der Waals surface area (Å²) in [7, 11) is -2.32. The van der Waals surface area contributed by atoms with E-state index in [0.717, 1.165) is 24.8 Å². The quantitative estimate of drug-likeness (QED) is 0.615. The second kappa shape index (κ2) is 10.3. The zero-order valence-corrected chi connectivity index (χ0v) is 18.9. The molecule has 8 heteroatoms. The van der Waals surface area contributed by atoms with Crippen LogP contribution in [0.1, 0.15) is 36.4 Å². The van der Waals surface area contributed by atoms with Crippen LogP contribution in [0.25, 0.3) is 0 Å². The molecule has 1 aliphatic rings. The first-order valence-corrected chi connectivity index (χ1v) is 12.9. The molecule has 2 N–H and O–H groups in total. The number of hydrogen-bond donors (Lipinski definition) is 2. The fourth-order valence-corrected chi connectivity index (χ4v) is 5.37. The van der Waals surface area contributed by atoms with Gasteiger partial charge in [0, 0.05) is 0 Å². The number of hydrogen-bond acceptors (Lipinski definition) is 5. The molecule has 6 nitrogen and oxygen atoms in total. The largest absolute Gasteiger partial charge is 0.497 e. The minimum Gasteiger partial charge on any atom is -0.497 e. The summed E-state index contributed by atoms with van der Waals surface area (Å²) in [6, 6.07) is 13.3. The summed E-state index contributed by atoms with van der Waals surface area (Å²) in [6.45, 7) is 0. The molecule has 0 radical (unpaired) electrons. The van der Waals surface area contributed by atoms with Crippen LogP contribution in [0.4, 0.5) is 0 Å². The minimum atomic E-state index is -3.84. The molecule has 2 atom stereocenters. The molecule has 1 amide bonds. The van der Waals surface area contributed by atoms with Crippen molar-refractivity contribution in [2.75, 3.05) is 19.1 Å². The molecule has 30 heavy (non-hydrogen) atoms. The molecule has 0 fully saturated rings. The topological polar surface area (TPSA) is 84.5 Å². The maximum atomic E-state index is 13.1. The summed E-state index contributed by atoms with van der Waals surface area (Å²) in [5.41, 5.74) is 2.37. The summed E-state index contributed by atoms with van der Waals surface area (Å²) in [5, 5.41) is 3.08. The van der Waals surface area contributed by atoms with Crippen molar-refractivity contribution in [3.63, 3.8) is 0 Å². The Morgan fingerprint density at radius 2 is 1.93 bits per heavy atom. The Morgan fingerprint density at radius 3 is 2.63 bits per heavy atom. The van der Waals surface area contributed by atoms with Crippen LogP contribution in [0.3, 0.4) is 0 Å². The Balaban J connectivity index is 1.75. The van der Waals surface area contributed by atoms with Crippen molar-refractivity contribution in [1.82, 2.24) is 10.0 Å². The van der Waals surface area contributed by atoms with E-state index in [-0.39, 0.29) is 16.8 Å². The van der Waals surface area contributed by atoms with Gasteiger partial charge in [-0.2, -0.15) is 16.5 Å². The van der Waals surface area contributed by atoms with E-state index in [1.54, 1.807) is 23.9 Å². The molecule has 0 saturated carbocycles. The van der Waals surface area contributed by atoms with Gasteiger partial charge in [0.15, 0.2) is 0 Å². The van der Waals surface area contributed by atoms with Gasteiger partial charge in [0.25, 0.3) is 0 Å². The Bertz CT molecular complexity index is 961. The first-order chi connectivity index (χ1) is 14.4. The molecule has 3 rings (SSSR count). The second-order valence-electron chi connectivity index (χ2n) is 7.28. The molecule has 0 aliphatic heterocycles. The normalized spacial score (nSPS) is 17.1. The van der Waals surface area contributed by atoms with Crippen molar-refractivity contribution < 1.29 is 17.9 Å². The molecule has 2 aromatic carbocycles. The lowest BCUT2D eigenvalue weighted by atomic mass is 9.87. The number of methoxy groups -OCH3 is 1. The van der Waals surface area contributed by atoms with E-state index in [1.165, 1.54) is 24.8 Å². The monoisotopic (exact) mass is 448 g/mol. The van der Waals surface area contributed by atoms with Crippen LogP contribution < -0.4 is 14.8 Å². The zero-order chi connectivity index (χ0) is 21.6. The van der Waals surface area contributed by atoms with Gasteiger partial charge in [-0.25, -0.2) is 8.42 Å². The third-order valence-electron chi connectivity index (χ3n) is 5.28. The van der Waals surface area contributed by atoms with Crippen LogP contribution >= 0.6 is 11.8 Å². The lowest BCUT2D eigenvalue weighted by Crippen LogP contribution is -2.48. The first kappa shape index (κ1) is 22.7. The second-order valence-corrected chi connectivity index (χ2v) is 9.98. The van der Waals surface area contributed by atoms with Crippen molar-refractivity contribution in [3.8, 4) is 5.75 Å². The lowest BCUT2D eigenvalue weighted by molar-refractivity contribution is -0.123. The summed E-state index contributed by atoms with van der Waals surface area (Å²) >= 11 is 1.58. The van der Waals surface area contributed by atoms with Gasteiger partial charge in [0.05, 0.1) is 18.0 Å². The molecular weight excluding hydrogens is 420 g/mol. The number of aryl methyl sites for hydroxylation is 1. The van der Waals surface area contributed by atoms with Gasteiger partial charge in [0.2, 0.25) is 15.9 Å². The lowest BCUT2D eigenvalue weighted by Gasteiger charge is -2.28. The number of sulfonamides is 1. The molecule has 0 unspecified atom stereocenters. The van der Waals surface area contributed by atoms with Gasteiger partial charge < -0.3 is 10.1 Å². The van der Waals surface area contributed by atoms with Crippen LogP contribution in [-0.4, -0.2) is 39.5 Å². The van der Waals surface area contributed by atoms with Crippen molar-refractivity contribution >= 4 is 27.7 Å². The Labute approximate surface area is 182 Å². The molecular formula is C22H28N2O4S2. The molecule has 0 saturated heterocycles. The average molecular weight is 449 g/mol. The van der Waals surface area contributed by atoms with Gasteiger partial charge >= 0.3 is 0 Å². The van der Waals surface area contributed by atoms with Crippen molar-refractivity contribution in [2.24, 2.45) is 0 Å². The Hall–Kier alpha value is -2.03. The van der Waals surface area contributed by atoms with Crippen molar-refractivity contribution in [1.29, 1.82) is 0 Å². The third kappa shape index (κ3) is 5.56. The highest BCUT2D eigenvalue weighted by molar-refractivity contribution is 7.98. The summed E-state index contributed by atoms with van der Waals surface area (Å²) in [4.78, 5) is 13.2. The van der Waals surface area contributed by atoms with Crippen LogP contribution in [0, 0.1) is 0 Å². The number of carbonyl (C=O) groups excluding carboxylic acids is 1. The van der Waals surface area contributed by atoms with Crippen LogP contribution in [-0.2, 0) is 21.2 Å². The standard InChI is InChI=1S/C22H28N2O4S2/c1-28-17-10-12-18(13-11-17)30(26,27)24-21(14-15-29-2)22(25)23-20-9-5-7-16-6-3-4-8-19(16)20/h3-4,6,8,10-13,20-21,24H,5,7,9,14-15H2,1-2H3,(H,23,25)/t20-,21+/m0/s1. The molecule has 1 aliphatic carbocycles. The fraction of sp³-hybridized carbons (Fsp3) is 0.409. The predicted octanol–water partition coefficient (Wildman–Crippen LogP) is 3.29. The third-order valence-corrected chi connectivity index (χ3v) is 7.41. The molecule has 0 bridgehead atoms. The van der Waals surface area contributed by atoms with E-state index in [1.807, 2.05) is 24.5 Å². The maximum absolute atomic E-state index is 13.1. The van der Waals surface area contributed by atoms with Crippen molar-refractivity contribution in [3.05, 3.63) is 59.7 Å². The SMILES string of the molecule is COc1ccc(S(=O)(=O)N[C@H](CCSC)C(=O)N[C@H]2CCCc3ccccc32)cc1. The van der Waals surface area contributed by atoms with Gasteiger partial charge in [-0.15, -0.1) is 0 Å². The highest BCUT2D eigenvalue weighted by Gasteiger charge is 2.29. The Morgan fingerprint density at radius 1 is 1.20 bits per heavy atom. The van der Waals surface area contributed by atoms with E-state index < -0.39 is 16.1 Å². The zero-order valence-electron chi connectivity index (χ0n) is 17.3. The number of rotatable bonds is 9. The summed E-state index contributed by atoms with van der Waals surface area (Å²) < 4.78 is 33.4. The molecule has 0 aromatic heterocycles. The predicted molar refractivity (Wildman–Crippen MR) is 120 cm³/mol. The minimum absolute atomic E-state index is 0.0929. The van der Waals surface area contributed by atoms with Crippen molar-refractivity contribution in [2.45, 2.75) is 42.7 Å². The molecule has 162 valence electrons. The molecule has 2 aromatic rings. The number of benzene rings is 2. The number of carbonyl (C=O) groups is 1. The number of fused-ring (bicyclic) bond motifs is 1. The highest BCUT2D eigenvalue weighted by atomic mass is 32.2. The van der Waals surface area contributed by atoms with E-state index >= 15 is 0 Å². The molecule has 0 spiro atoms. The van der Waals surface area contributed by atoms with Crippen LogP contribution in [0.15, 0.2) is 53.4 Å². The van der Waals surface area contributed by atoms with E-state index in [9.17, 15) is 13.2 Å². The van der Waals surface area contributed by atoms with Gasteiger partial charge in [-0.3, -0.25) is 4.79 Å². The Kier molecular flexibility index (Phi) is 7.80. The maximum Gasteiger partial charge on any atom is 0.241 e. The van der Waals surface area contributed by atoms with Gasteiger partial charge in [-0.05, 0) is 73.1 Å². The molecule has 0 heterocycles. The number of ether oxygens (including phenoxy) is 1. The average Bonchev–Trinajstić information content (AvgIpc) is 2.76. The first-order valence-electron chi connectivity index (χ1n) is 9.98. The fourth-order valence-electron chi connectivity index (χ4n) is 3.67. The number of thioether (sulfide) groups is 1.